The second-order valence-corrected chi connectivity index (χ2v) is 7.43. The number of esters is 1. The van der Waals surface area contributed by atoms with Crippen LogP contribution in [0.2, 0.25) is 0 Å². The molecule has 7 heteroatoms. The Morgan fingerprint density at radius 1 is 1.25 bits per heavy atom. The lowest BCUT2D eigenvalue weighted by Gasteiger charge is -2.07. The second kappa shape index (κ2) is 7.09. The number of thiophene rings is 1. The molecule has 0 atom stereocenters. The number of benzene rings is 1. The number of aryl methyl sites for hydroxylation is 2. The van der Waals surface area contributed by atoms with Gasteiger partial charge in [0, 0.05) is 16.5 Å². The maximum absolute atomic E-state index is 13.2. The zero-order valence-electron chi connectivity index (χ0n) is 15.7. The first-order valence-electron chi connectivity index (χ1n) is 8.68. The third-order valence-corrected chi connectivity index (χ3v) is 5.72. The topological polar surface area (TPSA) is 74.3 Å². The summed E-state index contributed by atoms with van der Waals surface area (Å²) in [6.45, 7) is 4.28. The Hall–Kier alpha value is -3.19. The fourth-order valence-electron chi connectivity index (χ4n) is 3.12. The van der Waals surface area contributed by atoms with Gasteiger partial charge in [-0.3, -0.25) is 9.36 Å². The van der Waals surface area contributed by atoms with Gasteiger partial charge in [-0.2, -0.15) is 0 Å². The van der Waals surface area contributed by atoms with Crippen molar-refractivity contribution in [2.45, 2.75) is 20.4 Å². The van der Waals surface area contributed by atoms with E-state index in [0.717, 1.165) is 11.1 Å². The summed E-state index contributed by atoms with van der Waals surface area (Å²) >= 11 is 1.44. The van der Waals surface area contributed by atoms with Gasteiger partial charge in [-0.25, -0.2) is 9.78 Å². The summed E-state index contributed by atoms with van der Waals surface area (Å²) in [5, 5.41) is 2.55. The van der Waals surface area contributed by atoms with E-state index in [1.54, 1.807) is 6.07 Å². The van der Waals surface area contributed by atoms with E-state index in [1.165, 1.54) is 46.7 Å². The van der Waals surface area contributed by atoms with Crippen LogP contribution in [-0.2, 0) is 11.3 Å². The Balaban J connectivity index is 1.81. The Labute approximate surface area is 165 Å². The Kier molecular flexibility index (Phi) is 4.60. The highest BCUT2D eigenvalue weighted by molar-refractivity contribution is 7.17. The fourth-order valence-corrected chi connectivity index (χ4v) is 4.02. The number of nitrogens with zero attached hydrogens (tertiary/aromatic N) is 2. The number of aromatic nitrogens is 2. The Morgan fingerprint density at radius 3 is 2.82 bits per heavy atom. The number of furan rings is 1. The molecule has 28 heavy (non-hydrogen) atoms. The van der Waals surface area contributed by atoms with Crippen LogP contribution in [0.4, 0.5) is 0 Å². The molecule has 0 saturated carbocycles. The van der Waals surface area contributed by atoms with E-state index in [-0.39, 0.29) is 17.9 Å². The van der Waals surface area contributed by atoms with Gasteiger partial charge in [0.15, 0.2) is 0 Å². The molecule has 3 aromatic heterocycles. The fraction of sp³-hybridized carbons (Fsp3) is 0.190. The Morgan fingerprint density at radius 2 is 2.07 bits per heavy atom. The highest BCUT2D eigenvalue weighted by atomic mass is 32.1. The normalized spacial score (nSPS) is 11.1. The summed E-state index contributed by atoms with van der Waals surface area (Å²) in [6, 6.07) is 7.81. The smallest absolute Gasteiger partial charge is 0.374 e. The van der Waals surface area contributed by atoms with Crippen LogP contribution in [0.1, 0.15) is 27.2 Å². The van der Waals surface area contributed by atoms with Crippen molar-refractivity contribution in [3.63, 3.8) is 0 Å². The van der Waals surface area contributed by atoms with E-state index in [4.69, 9.17) is 9.15 Å². The van der Waals surface area contributed by atoms with Gasteiger partial charge in [-0.15, -0.1) is 11.3 Å². The maximum Gasteiger partial charge on any atom is 0.374 e. The van der Waals surface area contributed by atoms with Crippen molar-refractivity contribution >= 4 is 27.5 Å². The van der Waals surface area contributed by atoms with E-state index in [0.29, 0.717) is 15.8 Å². The van der Waals surface area contributed by atoms with Crippen molar-refractivity contribution in [3.05, 3.63) is 75.0 Å². The van der Waals surface area contributed by atoms with E-state index < -0.39 is 5.97 Å². The molecule has 0 amide bonds. The number of hydrogen-bond donors (Lipinski definition) is 0. The van der Waals surface area contributed by atoms with Crippen LogP contribution in [0, 0.1) is 13.8 Å². The minimum Gasteiger partial charge on any atom is -0.463 e. The van der Waals surface area contributed by atoms with Gasteiger partial charge in [0.1, 0.15) is 4.83 Å². The Bertz CT molecular complexity index is 1250. The molecule has 3 heterocycles. The number of carbonyl (C=O) groups is 1. The standard InChI is InChI=1S/C21H18N2O4S/c1-12-4-5-14(8-13(12)2)16-10-28-19-17(16)20(24)23(11-22-19)9-15-6-7-27-18(15)21(25)26-3/h4-8,10-11H,9H2,1-3H3. The van der Waals surface area contributed by atoms with Crippen molar-refractivity contribution in [2.75, 3.05) is 7.11 Å². The lowest BCUT2D eigenvalue weighted by molar-refractivity contribution is 0.0563. The molecule has 142 valence electrons. The minimum absolute atomic E-state index is 0.0919. The van der Waals surface area contributed by atoms with E-state index in [9.17, 15) is 9.59 Å². The summed E-state index contributed by atoms with van der Waals surface area (Å²) in [5.74, 6) is -0.484. The van der Waals surface area contributed by atoms with Crippen molar-refractivity contribution in [3.8, 4) is 11.1 Å². The first-order valence-corrected chi connectivity index (χ1v) is 9.56. The molecule has 0 aliphatic carbocycles. The molecule has 0 spiro atoms. The third kappa shape index (κ3) is 3.03. The zero-order chi connectivity index (χ0) is 19.8. The average molecular weight is 394 g/mol. The molecular weight excluding hydrogens is 376 g/mol. The van der Waals surface area contributed by atoms with Crippen molar-refractivity contribution < 1.29 is 13.9 Å². The SMILES string of the molecule is COC(=O)c1occc1Cn1cnc2scc(-c3ccc(C)c(C)c3)c2c1=O. The molecule has 0 N–H and O–H groups in total. The lowest BCUT2D eigenvalue weighted by Crippen LogP contribution is -2.21. The summed E-state index contributed by atoms with van der Waals surface area (Å²) < 4.78 is 11.4. The van der Waals surface area contributed by atoms with Crippen molar-refractivity contribution in [1.82, 2.24) is 9.55 Å². The number of rotatable bonds is 4. The number of fused-ring (bicyclic) bond motifs is 1. The van der Waals surface area contributed by atoms with Crippen LogP contribution in [-0.4, -0.2) is 22.6 Å². The number of methoxy groups -OCH3 is 1. The molecule has 0 saturated heterocycles. The first kappa shape index (κ1) is 18.2. The third-order valence-electron chi connectivity index (χ3n) is 4.84. The highest BCUT2D eigenvalue weighted by Crippen LogP contribution is 2.31. The van der Waals surface area contributed by atoms with Gasteiger partial charge in [0.25, 0.3) is 5.56 Å². The van der Waals surface area contributed by atoms with Crippen molar-refractivity contribution in [2.24, 2.45) is 0 Å². The van der Waals surface area contributed by atoms with Crippen LogP contribution in [0.3, 0.4) is 0 Å². The van der Waals surface area contributed by atoms with Crippen LogP contribution in [0.25, 0.3) is 21.3 Å². The summed E-state index contributed by atoms with van der Waals surface area (Å²) in [4.78, 5) is 30.1. The number of hydrogen-bond acceptors (Lipinski definition) is 6. The monoisotopic (exact) mass is 394 g/mol. The van der Waals surface area contributed by atoms with Crippen LogP contribution >= 0.6 is 11.3 Å². The van der Waals surface area contributed by atoms with Gasteiger partial charge in [-0.1, -0.05) is 18.2 Å². The quantitative estimate of drug-likeness (QED) is 0.486. The lowest BCUT2D eigenvalue weighted by atomic mass is 10.0. The molecule has 0 aliphatic rings. The maximum atomic E-state index is 13.2. The predicted octanol–water partition coefficient (Wildman–Crippen LogP) is 4.17. The molecule has 0 unspecified atom stereocenters. The number of carbonyl (C=O) groups excluding carboxylic acids is 1. The van der Waals surface area contributed by atoms with E-state index in [1.807, 2.05) is 11.4 Å². The molecule has 0 aliphatic heterocycles. The summed E-state index contributed by atoms with van der Waals surface area (Å²) in [6.07, 6.45) is 2.91. The molecule has 0 bridgehead atoms. The molecule has 0 radical (unpaired) electrons. The molecule has 0 fully saturated rings. The van der Waals surface area contributed by atoms with Gasteiger partial charge in [-0.05, 0) is 36.6 Å². The minimum atomic E-state index is -0.576. The summed E-state index contributed by atoms with van der Waals surface area (Å²) in [7, 11) is 1.29. The van der Waals surface area contributed by atoms with Crippen LogP contribution in [0.5, 0.6) is 0 Å². The highest BCUT2D eigenvalue weighted by Gasteiger charge is 2.18. The van der Waals surface area contributed by atoms with Gasteiger partial charge in [0.2, 0.25) is 5.76 Å². The molecule has 1 aromatic carbocycles. The molecule has 4 aromatic rings. The van der Waals surface area contributed by atoms with Gasteiger partial charge >= 0.3 is 5.97 Å². The molecular formula is C21H18N2O4S. The molecule has 4 rings (SSSR count). The number of ether oxygens (including phenoxy) is 1. The molecule has 6 nitrogen and oxygen atoms in total. The second-order valence-electron chi connectivity index (χ2n) is 6.57. The summed E-state index contributed by atoms with van der Waals surface area (Å²) in [5.41, 5.74) is 4.64. The first-order chi connectivity index (χ1) is 13.5. The van der Waals surface area contributed by atoms with Crippen molar-refractivity contribution in [1.29, 1.82) is 0 Å². The zero-order valence-corrected chi connectivity index (χ0v) is 16.5. The predicted molar refractivity (Wildman–Crippen MR) is 108 cm³/mol. The van der Waals surface area contributed by atoms with E-state index in [2.05, 4.69) is 31.0 Å². The van der Waals surface area contributed by atoms with E-state index >= 15 is 0 Å². The van der Waals surface area contributed by atoms with Gasteiger partial charge < -0.3 is 9.15 Å². The van der Waals surface area contributed by atoms with Crippen LogP contribution in [0.15, 0.2) is 51.4 Å². The van der Waals surface area contributed by atoms with Gasteiger partial charge in [0.05, 0.1) is 31.6 Å². The van der Waals surface area contributed by atoms with Crippen LogP contribution < -0.4 is 5.56 Å². The average Bonchev–Trinajstić information content (AvgIpc) is 3.33. The largest absolute Gasteiger partial charge is 0.463 e.